The van der Waals surface area contributed by atoms with Gasteiger partial charge in [0.25, 0.3) is 5.56 Å². The Bertz CT molecular complexity index is 1290. The molecule has 0 radical (unpaired) electrons. The van der Waals surface area contributed by atoms with Crippen molar-refractivity contribution in [3.63, 3.8) is 0 Å². The lowest BCUT2D eigenvalue weighted by atomic mass is 9.97. The number of thioether (sulfide) groups is 1. The first-order chi connectivity index (χ1) is 16.4. The second-order valence-corrected chi connectivity index (χ2v) is 9.63. The van der Waals surface area contributed by atoms with Gasteiger partial charge in [-0.2, -0.15) is 0 Å². The van der Waals surface area contributed by atoms with Crippen molar-refractivity contribution >= 4 is 57.7 Å². The summed E-state index contributed by atoms with van der Waals surface area (Å²) in [4.78, 5) is 44.6. The van der Waals surface area contributed by atoms with Gasteiger partial charge in [0.2, 0.25) is 5.91 Å². The van der Waals surface area contributed by atoms with E-state index >= 15 is 0 Å². The van der Waals surface area contributed by atoms with Crippen LogP contribution in [0, 0.1) is 5.92 Å². The molecule has 1 aliphatic rings. The number of nitrogens with zero attached hydrogens (tertiary/aromatic N) is 3. The van der Waals surface area contributed by atoms with Crippen LogP contribution in [0.3, 0.4) is 0 Å². The maximum atomic E-state index is 13.4. The van der Waals surface area contributed by atoms with Crippen LogP contribution in [0.2, 0.25) is 10.0 Å². The van der Waals surface area contributed by atoms with Gasteiger partial charge in [-0.05, 0) is 50.1 Å². The molecule has 0 unspecified atom stereocenters. The molecule has 10 heteroatoms. The third-order valence-electron chi connectivity index (χ3n) is 5.69. The topological polar surface area (TPSA) is 81.5 Å². The standard InChI is InChI=1S/C24H23Cl2N3O4S/c1-2-33-23(32)15-9-11-28(12-10-15)21(30)14-34-24-27-19-6-4-3-5-17(19)22(31)29(24)20-8-7-16(25)13-18(20)26/h3-8,13,15H,2,9-12,14H2,1H3. The van der Waals surface area contributed by atoms with E-state index in [1.54, 1.807) is 48.2 Å². The molecular formula is C24H23Cl2N3O4S. The summed E-state index contributed by atoms with van der Waals surface area (Å²) in [6, 6.07) is 11.9. The van der Waals surface area contributed by atoms with Crippen molar-refractivity contribution in [2.75, 3.05) is 25.4 Å². The highest BCUT2D eigenvalue weighted by atomic mass is 35.5. The molecule has 0 spiro atoms. The number of carbonyl (C=O) groups excluding carboxylic acids is 2. The quantitative estimate of drug-likeness (QED) is 0.269. The van der Waals surface area contributed by atoms with Crippen molar-refractivity contribution in [1.29, 1.82) is 0 Å². The minimum atomic E-state index is -0.278. The van der Waals surface area contributed by atoms with Gasteiger partial charge in [-0.1, -0.05) is 47.1 Å². The van der Waals surface area contributed by atoms with Crippen molar-refractivity contribution in [2.45, 2.75) is 24.9 Å². The highest BCUT2D eigenvalue weighted by molar-refractivity contribution is 7.99. The number of halogens is 2. The average molecular weight is 520 g/mol. The van der Waals surface area contributed by atoms with Gasteiger partial charge in [0, 0.05) is 18.1 Å². The van der Waals surface area contributed by atoms with Crippen molar-refractivity contribution in [3.8, 4) is 5.69 Å². The Morgan fingerprint density at radius 2 is 1.88 bits per heavy atom. The molecule has 2 aromatic carbocycles. The van der Waals surface area contributed by atoms with Crippen molar-refractivity contribution in [2.24, 2.45) is 5.92 Å². The van der Waals surface area contributed by atoms with Gasteiger partial charge in [-0.3, -0.25) is 19.0 Å². The molecule has 1 saturated heterocycles. The Morgan fingerprint density at radius 1 is 1.15 bits per heavy atom. The summed E-state index contributed by atoms with van der Waals surface area (Å²) < 4.78 is 6.52. The summed E-state index contributed by atoms with van der Waals surface area (Å²) in [6.45, 7) is 3.12. The predicted octanol–water partition coefficient (Wildman–Crippen LogP) is 4.59. The molecule has 178 valence electrons. The Kier molecular flexibility index (Phi) is 7.80. The zero-order chi connectivity index (χ0) is 24.2. The minimum absolute atomic E-state index is 0.0801. The summed E-state index contributed by atoms with van der Waals surface area (Å²) >= 11 is 13.6. The Morgan fingerprint density at radius 3 is 2.59 bits per heavy atom. The summed E-state index contributed by atoms with van der Waals surface area (Å²) in [5, 5.41) is 1.57. The van der Waals surface area contributed by atoms with Crippen LogP contribution < -0.4 is 5.56 Å². The molecular weight excluding hydrogens is 497 g/mol. The van der Waals surface area contributed by atoms with Gasteiger partial charge in [0.15, 0.2) is 5.16 Å². The molecule has 0 atom stereocenters. The van der Waals surface area contributed by atoms with E-state index in [1.807, 2.05) is 6.07 Å². The summed E-state index contributed by atoms with van der Waals surface area (Å²) in [6.07, 6.45) is 1.16. The number of hydrogen-bond donors (Lipinski definition) is 0. The first-order valence-corrected chi connectivity index (χ1v) is 12.7. The Hall–Kier alpha value is -2.55. The molecule has 1 amide bonds. The van der Waals surface area contributed by atoms with E-state index in [9.17, 15) is 14.4 Å². The van der Waals surface area contributed by atoms with Gasteiger partial charge in [-0.25, -0.2) is 4.98 Å². The zero-order valence-corrected chi connectivity index (χ0v) is 20.8. The number of esters is 1. The van der Waals surface area contributed by atoms with Crippen LogP contribution in [0.1, 0.15) is 19.8 Å². The summed E-state index contributed by atoms with van der Waals surface area (Å²) in [7, 11) is 0. The van der Waals surface area contributed by atoms with Crippen LogP contribution in [0.25, 0.3) is 16.6 Å². The number of benzene rings is 2. The van der Waals surface area contributed by atoms with Crippen molar-refractivity contribution in [1.82, 2.24) is 14.5 Å². The lowest BCUT2D eigenvalue weighted by molar-refractivity contribution is -0.151. The van der Waals surface area contributed by atoms with Gasteiger partial charge in [-0.15, -0.1) is 0 Å². The normalized spacial score (nSPS) is 14.4. The van der Waals surface area contributed by atoms with E-state index in [0.717, 1.165) is 0 Å². The van der Waals surface area contributed by atoms with Crippen LogP contribution in [0.5, 0.6) is 0 Å². The van der Waals surface area contributed by atoms with E-state index in [2.05, 4.69) is 4.98 Å². The highest BCUT2D eigenvalue weighted by Crippen LogP contribution is 2.28. The molecule has 1 aliphatic heterocycles. The molecule has 0 aliphatic carbocycles. The number of fused-ring (bicyclic) bond motifs is 1. The van der Waals surface area contributed by atoms with Crippen LogP contribution in [-0.2, 0) is 14.3 Å². The number of likely N-dealkylation sites (tertiary alicyclic amines) is 1. The number of aromatic nitrogens is 2. The zero-order valence-electron chi connectivity index (χ0n) is 18.5. The number of ether oxygens (including phenoxy) is 1. The van der Waals surface area contributed by atoms with Crippen molar-refractivity contribution < 1.29 is 14.3 Å². The molecule has 3 aromatic rings. The summed E-state index contributed by atoms with van der Waals surface area (Å²) in [5.41, 5.74) is 0.707. The van der Waals surface area contributed by atoms with Crippen LogP contribution in [0.4, 0.5) is 0 Å². The number of carbonyl (C=O) groups is 2. The molecule has 1 aromatic heterocycles. The third-order valence-corrected chi connectivity index (χ3v) is 7.15. The highest BCUT2D eigenvalue weighted by Gasteiger charge is 2.28. The Labute approximate surface area is 211 Å². The van der Waals surface area contributed by atoms with E-state index in [1.165, 1.54) is 16.3 Å². The monoisotopic (exact) mass is 519 g/mol. The molecule has 4 rings (SSSR count). The number of amides is 1. The molecule has 2 heterocycles. The van der Waals surface area contributed by atoms with Gasteiger partial charge < -0.3 is 9.64 Å². The van der Waals surface area contributed by atoms with Crippen LogP contribution in [0.15, 0.2) is 52.4 Å². The van der Waals surface area contributed by atoms with Crippen LogP contribution >= 0.6 is 35.0 Å². The van der Waals surface area contributed by atoms with Crippen LogP contribution in [-0.4, -0.2) is 51.8 Å². The predicted molar refractivity (Wildman–Crippen MR) is 134 cm³/mol. The largest absolute Gasteiger partial charge is 0.466 e. The second-order valence-electron chi connectivity index (χ2n) is 7.84. The molecule has 34 heavy (non-hydrogen) atoms. The fourth-order valence-corrected chi connectivity index (χ4v) is 5.33. The number of hydrogen-bond acceptors (Lipinski definition) is 6. The lowest BCUT2D eigenvalue weighted by Gasteiger charge is -2.30. The SMILES string of the molecule is CCOC(=O)C1CCN(C(=O)CSc2nc3ccccc3c(=O)n2-c2ccc(Cl)cc2Cl)CC1. The number of para-hydroxylation sites is 1. The maximum absolute atomic E-state index is 13.4. The molecule has 0 N–H and O–H groups in total. The van der Waals surface area contributed by atoms with Gasteiger partial charge in [0.1, 0.15) is 0 Å². The average Bonchev–Trinajstić information content (AvgIpc) is 2.83. The first-order valence-electron chi connectivity index (χ1n) is 10.9. The van der Waals surface area contributed by atoms with Gasteiger partial charge >= 0.3 is 5.97 Å². The second kappa shape index (κ2) is 10.8. The molecule has 0 saturated carbocycles. The number of rotatable bonds is 6. The fourth-order valence-electron chi connectivity index (χ4n) is 3.93. The fraction of sp³-hybridized carbons (Fsp3) is 0.333. The summed E-state index contributed by atoms with van der Waals surface area (Å²) in [5.74, 6) is -0.354. The third kappa shape index (κ3) is 5.24. The Balaban J connectivity index is 1.57. The number of piperidine rings is 1. The lowest BCUT2D eigenvalue weighted by Crippen LogP contribution is -2.41. The maximum Gasteiger partial charge on any atom is 0.309 e. The van der Waals surface area contributed by atoms with E-state index in [-0.39, 0.29) is 29.1 Å². The first kappa shape index (κ1) is 24.6. The molecule has 1 fully saturated rings. The van der Waals surface area contributed by atoms with Gasteiger partial charge in [0.05, 0.1) is 39.9 Å². The van der Waals surface area contributed by atoms with E-state index in [4.69, 9.17) is 27.9 Å². The van der Waals surface area contributed by atoms with Crippen molar-refractivity contribution in [3.05, 3.63) is 62.9 Å². The smallest absolute Gasteiger partial charge is 0.309 e. The minimum Gasteiger partial charge on any atom is -0.466 e. The van der Waals surface area contributed by atoms with E-state index in [0.29, 0.717) is 64.3 Å². The van der Waals surface area contributed by atoms with E-state index < -0.39 is 0 Å². The molecule has 0 bridgehead atoms. The molecule has 7 nitrogen and oxygen atoms in total.